The van der Waals surface area contributed by atoms with Crippen molar-refractivity contribution in [2.45, 2.75) is 44.6 Å². The van der Waals surface area contributed by atoms with E-state index in [4.69, 9.17) is 5.11 Å². The van der Waals surface area contributed by atoms with Gasteiger partial charge < -0.3 is 15.2 Å². The molecule has 1 amide bonds. The number of rotatable bonds is 10. The first-order valence-electron chi connectivity index (χ1n) is 6.24. The molecular weight excluding hydrogens is 234 g/mol. The first-order valence-corrected chi connectivity index (χ1v) is 6.24. The fraction of sp³-hybridized carbons (Fsp3) is 0.692. The largest absolute Gasteiger partial charge is 0.467 e. The smallest absolute Gasteiger partial charge is 0.328 e. The topological polar surface area (TPSA) is 75.6 Å². The molecule has 0 radical (unpaired) electrons. The Morgan fingerprint density at radius 3 is 2.56 bits per heavy atom. The minimum atomic E-state index is -0.658. The molecule has 5 heteroatoms. The van der Waals surface area contributed by atoms with Crippen molar-refractivity contribution >= 4 is 11.9 Å². The maximum absolute atomic E-state index is 11.4. The van der Waals surface area contributed by atoms with E-state index in [1.807, 2.05) is 6.08 Å². The van der Waals surface area contributed by atoms with Crippen molar-refractivity contribution in [3.05, 3.63) is 12.7 Å². The summed E-state index contributed by atoms with van der Waals surface area (Å²) in [4.78, 5) is 22.4. The standard InChI is InChI=1S/C13H23NO4/c1-3-4-5-6-7-8-9-11(13(17)18-2)14-12(16)10-15/h3,11,15H,1,4-10H2,2H3,(H,14,16)/t11-/m1/s1. The highest BCUT2D eigenvalue weighted by Gasteiger charge is 2.20. The number of allylic oxidation sites excluding steroid dienone is 1. The van der Waals surface area contributed by atoms with Crippen LogP contribution in [0.3, 0.4) is 0 Å². The number of unbranched alkanes of at least 4 members (excludes halogenated alkanes) is 4. The molecule has 0 heterocycles. The van der Waals surface area contributed by atoms with E-state index < -0.39 is 24.5 Å². The Balaban J connectivity index is 3.90. The molecule has 0 saturated carbocycles. The van der Waals surface area contributed by atoms with Gasteiger partial charge in [-0.05, 0) is 19.3 Å². The molecule has 0 fully saturated rings. The van der Waals surface area contributed by atoms with Crippen molar-refractivity contribution in [3.8, 4) is 0 Å². The van der Waals surface area contributed by atoms with E-state index in [1.54, 1.807) is 0 Å². The van der Waals surface area contributed by atoms with Crippen LogP contribution in [-0.2, 0) is 14.3 Å². The van der Waals surface area contributed by atoms with Gasteiger partial charge in [0.2, 0.25) is 5.91 Å². The third-order valence-electron chi connectivity index (χ3n) is 2.62. The summed E-state index contributed by atoms with van der Waals surface area (Å²) in [6.07, 6.45) is 7.43. The highest BCUT2D eigenvalue weighted by Crippen LogP contribution is 2.08. The van der Waals surface area contributed by atoms with Gasteiger partial charge in [-0.3, -0.25) is 4.79 Å². The first-order chi connectivity index (χ1) is 8.65. The van der Waals surface area contributed by atoms with Gasteiger partial charge >= 0.3 is 5.97 Å². The molecule has 0 saturated heterocycles. The van der Waals surface area contributed by atoms with Crippen LogP contribution in [0.4, 0.5) is 0 Å². The van der Waals surface area contributed by atoms with E-state index in [1.165, 1.54) is 7.11 Å². The second-order valence-corrected chi connectivity index (χ2v) is 4.08. The van der Waals surface area contributed by atoms with Gasteiger partial charge in [0.05, 0.1) is 7.11 Å². The molecule has 0 unspecified atom stereocenters. The first kappa shape index (κ1) is 16.6. The van der Waals surface area contributed by atoms with Gasteiger partial charge in [-0.25, -0.2) is 4.79 Å². The lowest BCUT2D eigenvalue weighted by atomic mass is 10.1. The molecule has 5 nitrogen and oxygen atoms in total. The lowest BCUT2D eigenvalue weighted by molar-refractivity contribution is -0.145. The van der Waals surface area contributed by atoms with Crippen LogP contribution in [0.15, 0.2) is 12.7 Å². The molecule has 0 spiro atoms. The normalized spacial score (nSPS) is 11.7. The number of aliphatic hydroxyl groups excluding tert-OH is 1. The van der Waals surface area contributed by atoms with E-state index in [0.29, 0.717) is 6.42 Å². The summed E-state index contributed by atoms with van der Waals surface area (Å²) in [5.41, 5.74) is 0. The minimum Gasteiger partial charge on any atom is -0.467 e. The van der Waals surface area contributed by atoms with Crippen LogP contribution in [0.25, 0.3) is 0 Å². The summed E-state index contributed by atoms with van der Waals surface area (Å²) in [7, 11) is 1.28. The van der Waals surface area contributed by atoms with Crippen LogP contribution >= 0.6 is 0 Å². The van der Waals surface area contributed by atoms with Crippen LogP contribution in [0.5, 0.6) is 0 Å². The molecule has 0 aliphatic heterocycles. The van der Waals surface area contributed by atoms with Gasteiger partial charge in [0.1, 0.15) is 12.6 Å². The van der Waals surface area contributed by atoms with Crippen molar-refractivity contribution < 1.29 is 19.4 Å². The molecular formula is C13H23NO4. The number of amides is 1. The quantitative estimate of drug-likeness (QED) is 0.350. The summed E-state index contributed by atoms with van der Waals surface area (Å²) in [6.45, 7) is 3.03. The molecule has 0 aromatic heterocycles. The summed E-state index contributed by atoms with van der Waals surface area (Å²) < 4.78 is 4.60. The van der Waals surface area contributed by atoms with Crippen LogP contribution in [0.2, 0.25) is 0 Å². The Bertz CT molecular complexity index is 266. The Morgan fingerprint density at radius 2 is 2.00 bits per heavy atom. The fourth-order valence-corrected chi connectivity index (χ4v) is 1.62. The third-order valence-corrected chi connectivity index (χ3v) is 2.62. The van der Waals surface area contributed by atoms with E-state index >= 15 is 0 Å². The lowest BCUT2D eigenvalue weighted by Gasteiger charge is -2.15. The number of hydrogen-bond donors (Lipinski definition) is 2. The Labute approximate surface area is 108 Å². The van der Waals surface area contributed by atoms with Gasteiger partial charge in [0.25, 0.3) is 0 Å². The average molecular weight is 257 g/mol. The molecule has 2 N–H and O–H groups in total. The average Bonchev–Trinajstić information content (AvgIpc) is 2.40. The van der Waals surface area contributed by atoms with Gasteiger partial charge in [-0.1, -0.05) is 25.3 Å². The Kier molecular flexibility index (Phi) is 9.96. The number of carbonyl (C=O) groups is 2. The molecule has 0 rings (SSSR count). The van der Waals surface area contributed by atoms with Crippen LogP contribution in [-0.4, -0.2) is 36.7 Å². The number of esters is 1. The summed E-state index contributed by atoms with van der Waals surface area (Å²) >= 11 is 0. The van der Waals surface area contributed by atoms with E-state index in [-0.39, 0.29) is 0 Å². The van der Waals surface area contributed by atoms with Crippen molar-refractivity contribution in [2.75, 3.05) is 13.7 Å². The Hall–Kier alpha value is -1.36. The highest BCUT2D eigenvalue weighted by atomic mass is 16.5. The minimum absolute atomic E-state index is 0.470. The predicted molar refractivity (Wildman–Crippen MR) is 68.9 cm³/mol. The van der Waals surface area contributed by atoms with E-state index in [9.17, 15) is 9.59 Å². The Morgan fingerprint density at radius 1 is 1.33 bits per heavy atom. The number of methoxy groups -OCH3 is 1. The zero-order chi connectivity index (χ0) is 13.8. The number of aliphatic hydroxyl groups is 1. The summed E-state index contributed by atoms with van der Waals surface area (Å²) in [5.74, 6) is -1.03. The van der Waals surface area contributed by atoms with Gasteiger partial charge in [0, 0.05) is 0 Å². The third kappa shape index (κ3) is 7.84. The maximum Gasteiger partial charge on any atom is 0.328 e. The lowest BCUT2D eigenvalue weighted by Crippen LogP contribution is -2.42. The molecule has 1 atom stereocenters. The van der Waals surface area contributed by atoms with Gasteiger partial charge in [-0.15, -0.1) is 6.58 Å². The van der Waals surface area contributed by atoms with Gasteiger partial charge in [0.15, 0.2) is 0 Å². The maximum atomic E-state index is 11.4. The van der Waals surface area contributed by atoms with Crippen LogP contribution in [0.1, 0.15) is 38.5 Å². The molecule has 0 aliphatic rings. The van der Waals surface area contributed by atoms with Crippen molar-refractivity contribution in [1.82, 2.24) is 5.32 Å². The summed E-state index contributed by atoms with van der Waals surface area (Å²) in [6, 6.07) is -0.658. The molecule has 0 bridgehead atoms. The number of carbonyl (C=O) groups excluding carboxylic acids is 2. The SMILES string of the molecule is C=CCCCCCC[C@@H](NC(=O)CO)C(=O)OC. The molecule has 0 aliphatic carbocycles. The molecule has 104 valence electrons. The fourth-order valence-electron chi connectivity index (χ4n) is 1.62. The van der Waals surface area contributed by atoms with Crippen LogP contribution < -0.4 is 5.32 Å². The van der Waals surface area contributed by atoms with Crippen molar-refractivity contribution in [1.29, 1.82) is 0 Å². The van der Waals surface area contributed by atoms with Crippen molar-refractivity contribution in [2.24, 2.45) is 0 Å². The van der Waals surface area contributed by atoms with Crippen LogP contribution in [0, 0.1) is 0 Å². The number of ether oxygens (including phenoxy) is 1. The van der Waals surface area contributed by atoms with Gasteiger partial charge in [-0.2, -0.15) is 0 Å². The van der Waals surface area contributed by atoms with Crippen molar-refractivity contribution in [3.63, 3.8) is 0 Å². The van der Waals surface area contributed by atoms with E-state index in [2.05, 4.69) is 16.6 Å². The highest BCUT2D eigenvalue weighted by molar-refractivity contribution is 5.84. The second kappa shape index (κ2) is 10.8. The molecule has 0 aromatic rings. The molecule has 0 aromatic carbocycles. The second-order valence-electron chi connectivity index (χ2n) is 4.08. The van der Waals surface area contributed by atoms with E-state index in [0.717, 1.165) is 32.1 Å². The monoisotopic (exact) mass is 257 g/mol. The predicted octanol–water partition coefficient (Wildman–Crippen LogP) is 1.16. The number of nitrogens with one attached hydrogen (secondary N) is 1. The zero-order valence-electron chi connectivity index (χ0n) is 11.0. The molecule has 18 heavy (non-hydrogen) atoms. The number of hydrogen-bond acceptors (Lipinski definition) is 4. The zero-order valence-corrected chi connectivity index (χ0v) is 11.0. The summed E-state index contributed by atoms with van der Waals surface area (Å²) in [5, 5.41) is 11.1.